The molecule has 0 radical (unpaired) electrons. The second kappa shape index (κ2) is 11.4. The predicted molar refractivity (Wildman–Crippen MR) is 162 cm³/mol. The van der Waals surface area contributed by atoms with Gasteiger partial charge in [0.05, 0.1) is 16.6 Å². The van der Waals surface area contributed by atoms with Crippen molar-refractivity contribution in [2.75, 3.05) is 25.0 Å². The Morgan fingerprint density at radius 2 is 1.95 bits per heavy atom. The van der Waals surface area contributed by atoms with Crippen LogP contribution in [0.4, 0.5) is 15.9 Å². The minimum absolute atomic E-state index is 0.231. The Morgan fingerprint density at radius 1 is 1.05 bits per heavy atom. The highest BCUT2D eigenvalue weighted by Crippen LogP contribution is 2.45. The van der Waals surface area contributed by atoms with E-state index in [9.17, 15) is 4.39 Å². The summed E-state index contributed by atoms with van der Waals surface area (Å²) in [6.07, 6.45) is 9.30. The standard InChI is InChI=1S/C31H30ClFN6OS/c32-25-16-22(7-10-27(25)40-18-20-5-3-6-21(33)15-20)37-30-28-23-8-9-26-24(29(23)41-31(28)35-19-34-30)17-36-39(26)14-4-13-38-11-1-2-12-38/h3,5-7,10,15-17,19H,1-2,4,8-9,11-14,18H2,(H,34,35,37). The Bertz CT molecular complexity index is 1710. The smallest absolute Gasteiger partial charge is 0.142 e. The van der Waals surface area contributed by atoms with Crippen LogP contribution in [0.1, 0.15) is 36.1 Å². The number of thiophene rings is 1. The van der Waals surface area contributed by atoms with E-state index in [0.29, 0.717) is 10.8 Å². The van der Waals surface area contributed by atoms with Crippen molar-refractivity contribution in [2.45, 2.75) is 45.3 Å². The fraction of sp³-hybridized carbons (Fsp3) is 0.323. The van der Waals surface area contributed by atoms with Crippen LogP contribution in [0.3, 0.4) is 0 Å². The van der Waals surface area contributed by atoms with Crippen molar-refractivity contribution < 1.29 is 9.13 Å². The number of aromatic nitrogens is 4. The summed E-state index contributed by atoms with van der Waals surface area (Å²) in [4.78, 5) is 14.0. The molecule has 3 aromatic heterocycles. The summed E-state index contributed by atoms with van der Waals surface area (Å²) in [5.41, 5.74) is 5.37. The van der Waals surface area contributed by atoms with Crippen molar-refractivity contribution in [1.82, 2.24) is 24.6 Å². The van der Waals surface area contributed by atoms with Gasteiger partial charge in [0.25, 0.3) is 0 Å². The van der Waals surface area contributed by atoms with E-state index in [4.69, 9.17) is 21.4 Å². The first-order valence-electron chi connectivity index (χ1n) is 14.1. The number of likely N-dealkylation sites (tertiary alicyclic amines) is 1. The van der Waals surface area contributed by atoms with Gasteiger partial charge in [0.15, 0.2) is 0 Å². The van der Waals surface area contributed by atoms with Crippen molar-refractivity contribution >= 4 is 44.7 Å². The summed E-state index contributed by atoms with van der Waals surface area (Å²) in [6, 6.07) is 11.9. The zero-order valence-corrected chi connectivity index (χ0v) is 24.1. The number of hydrogen-bond donors (Lipinski definition) is 1. The molecule has 7 rings (SSSR count). The van der Waals surface area contributed by atoms with Crippen molar-refractivity contribution in [3.05, 3.63) is 82.6 Å². The number of rotatable bonds is 9. The molecule has 1 aliphatic heterocycles. The molecule has 2 aliphatic rings. The highest BCUT2D eigenvalue weighted by atomic mass is 35.5. The maximum atomic E-state index is 13.5. The molecule has 210 valence electrons. The molecule has 1 saturated heterocycles. The molecule has 1 fully saturated rings. The number of anilines is 2. The van der Waals surface area contributed by atoms with Gasteiger partial charge in [-0.05, 0) is 93.2 Å². The molecular formula is C31H30ClFN6OS. The van der Waals surface area contributed by atoms with Crippen LogP contribution < -0.4 is 10.1 Å². The lowest BCUT2D eigenvalue weighted by molar-refractivity contribution is 0.306. The quantitative estimate of drug-likeness (QED) is 0.195. The molecule has 1 N–H and O–H groups in total. The van der Waals surface area contributed by atoms with Gasteiger partial charge in [-0.25, -0.2) is 14.4 Å². The minimum Gasteiger partial charge on any atom is -0.487 e. The first-order chi connectivity index (χ1) is 20.1. The van der Waals surface area contributed by atoms with Crippen LogP contribution in [0.5, 0.6) is 5.75 Å². The number of nitrogens with one attached hydrogen (secondary N) is 1. The van der Waals surface area contributed by atoms with Crippen LogP contribution in [0.25, 0.3) is 20.7 Å². The summed E-state index contributed by atoms with van der Waals surface area (Å²) in [6.45, 7) is 4.81. The number of ether oxygens (including phenoxy) is 1. The number of aryl methyl sites for hydroxylation is 2. The average molecular weight is 589 g/mol. The first kappa shape index (κ1) is 26.4. The third-order valence-electron chi connectivity index (χ3n) is 7.91. The number of halogens is 2. The molecule has 0 atom stereocenters. The fourth-order valence-electron chi connectivity index (χ4n) is 5.91. The monoisotopic (exact) mass is 588 g/mol. The third kappa shape index (κ3) is 5.41. The molecule has 2 aromatic carbocycles. The topological polar surface area (TPSA) is 68.1 Å². The molecular weight excluding hydrogens is 559 g/mol. The molecule has 1 aliphatic carbocycles. The minimum atomic E-state index is -0.290. The zero-order chi connectivity index (χ0) is 27.8. The van der Waals surface area contributed by atoms with E-state index in [1.54, 1.807) is 23.7 Å². The van der Waals surface area contributed by atoms with Crippen LogP contribution in [-0.2, 0) is 26.0 Å². The molecule has 0 amide bonds. The molecule has 41 heavy (non-hydrogen) atoms. The second-order valence-corrected chi connectivity index (χ2v) is 12.0. The average Bonchev–Trinajstić information content (AvgIpc) is 3.72. The number of nitrogens with zero attached hydrogens (tertiary/aromatic N) is 5. The normalized spacial score (nSPS) is 14.8. The summed E-state index contributed by atoms with van der Waals surface area (Å²) < 4.78 is 21.5. The van der Waals surface area contributed by atoms with Crippen LogP contribution in [0.2, 0.25) is 5.02 Å². The van der Waals surface area contributed by atoms with Gasteiger partial charge >= 0.3 is 0 Å². The van der Waals surface area contributed by atoms with E-state index in [0.717, 1.165) is 59.6 Å². The first-order valence-corrected chi connectivity index (χ1v) is 15.3. The Balaban J connectivity index is 1.09. The van der Waals surface area contributed by atoms with Gasteiger partial charge < -0.3 is 15.0 Å². The Hall–Kier alpha value is -3.53. The number of benzene rings is 2. The molecule has 5 aromatic rings. The van der Waals surface area contributed by atoms with Gasteiger partial charge in [-0.3, -0.25) is 4.68 Å². The Kier molecular flexibility index (Phi) is 7.33. The van der Waals surface area contributed by atoms with E-state index in [1.165, 1.54) is 59.8 Å². The lowest BCUT2D eigenvalue weighted by Crippen LogP contribution is -2.22. The van der Waals surface area contributed by atoms with Crippen molar-refractivity contribution in [2.24, 2.45) is 0 Å². The maximum absolute atomic E-state index is 13.5. The van der Waals surface area contributed by atoms with Crippen molar-refractivity contribution in [1.29, 1.82) is 0 Å². The van der Waals surface area contributed by atoms with Crippen molar-refractivity contribution in [3.8, 4) is 16.2 Å². The molecule has 0 spiro atoms. The SMILES string of the molecule is Fc1cccc(COc2ccc(Nc3ncnc4sc5c(c34)CCc3c-5cnn3CCCN3CCCC3)cc2Cl)c1. The van der Waals surface area contributed by atoms with Crippen LogP contribution >= 0.6 is 22.9 Å². The molecule has 4 heterocycles. The van der Waals surface area contributed by atoms with E-state index in [2.05, 4.69) is 24.9 Å². The summed E-state index contributed by atoms with van der Waals surface area (Å²) in [5.74, 6) is 1.01. The van der Waals surface area contributed by atoms with Gasteiger partial charge in [0.1, 0.15) is 35.1 Å². The molecule has 10 heteroatoms. The van der Waals surface area contributed by atoms with E-state index in [-0.39, 0.29) is 12.4 Å². The van der Waals surface area contributed by atoms with Gasteiger partial charge in [-0.1, -0.05) is 23.7 Å². The lowest BCUT2D eigenvalue weighted by atomic mass is 9.95. The van der Waals surface area contributed by atoms with Gasteiger partial charge in [0.2, 0.25) is 0 Å². The highest BCUT2D eigenvalue weighted by Gasteiger charge is 2.27. The van der Waals surface area contributed by atoms with E-state index >= 15 is 0 Å². The lowest BCUT2D eigenvalue weighted by Gasteiger charge is -2.17. The summed E-state index contributed by atoms with van der Waals surface area (Å²) >= 11 is 8.27. The molecule has 7 nitrogen and oxygen atoms in total. The largest absolute Gasteiger partial charge is 0.487 e. The van der Waals surface area contributed by atoms with E-state index < -0.39 is 0 Å². The second-order valence-electron chi connectivity index (χ2n) is 10.6. The fourth-order valence-corrected chi connectivity index (χ4v) is 7.37. The van der Waals surface area contributed by atoms with Gasteiger partial charge in [-0.2, -0.15) is 5.10 Å². The maximum Gasteiger partial charge on any atom is 0.142 e. The van der Waals surface area contributed by atoms with Crippen LogP contribution in [-0.4, -0.2) is 44.3 Å². The Morgan fingerprint density at radius 3 is 2.80 bits per heavy atom. The van der Waals surface area contributed by atoms with Gasteiger partial charge in [-0.15, -0.1) is 11.3 Å². The zero-order valence-electron chi connectivity index (χ0n) is 22.6. The number of fused-ring (bicyclic) bond motifs is 5. The molecule has 0 unspecified atom stereocenters. The highest BCUT2D eigenvalue weighted by molar-refractivity contribution is 7.22. The molecule has 0 bridgehead atoms. The summed E-state index contributed by atoms with van der Waals surface area (Å²) in [7, 11) is 0. The third-order valence-corrected chi connectivity index (χ3v) is 9.38. The van der Waals surface area contributed by atoms with Crippen LogP contribution in [0.15, 0.2) is 55.0 Å². The van der Waals surface area contributed by atoms with Crippen LogP contribution in [0, 0.1) is 5.82 Å². The Labute approximate surface area is 247 Å². The van der Waals surface area contributed by atoms with Crippen molar-refractivity contribution in [3.63, 3.8) is 0 Å². The predicted octanol–water partition coefficient (Wildman–Crippen LogP) is 7.25. The van der Waals surface area contributed by atoms with E-state index in [1.807, 2.05) is 30.5 Å². The number of hydrogen-bond acceptors (Lipinski definition) is 7. The summed E-state index contributed by atoms with van der Waals surface area (Å²) in [5, 5.41) is 9.76. The van der Waals surface area contributed by atoms with Gasteiger partial charge in [0, 0.05) is 28.4 Å². The molecule has 0 saturated carbocycles.